The van der Waals surface area contributed by atoms with Crippen molar-refractivity contribution in [1.82, 2.24) is 9.80 Å². The van der Waals surface area contributed by atoms with Gasteiger partial charge >= 0.3 is 18.2 Å². The summed E-state index contributed by atoms with van der Waals surface area (Å²) in [6.07, 6.45) is 0.186. The van der Waals surface area contributed by atoms with Crippen LogP contribution in [0, 0.1) is 0 Å². The Morgan fingerprint density at radius 1 is 0.952 bits per heavy atom. The lowest BCUT2D eigenvalue weighted by Gasteiger charge is -2.31. The molecule has 0 saturated carbocycles. The zero-order chi connectivity index (χ0) is 29.9. The normalized spacial score (nSPS) is 14.0. The fraction of sp³-hybridized carbons (Fsp3) is 0.382. The first-order valence-electron chi connectivity index (χ1n) is 14.5. The Bertz CT molecular complexity index is 1430. The highest BCUT2D eigenvalue weighted by Gasteiger charge is 2.30. The molecule has 0 saturated heterocycles. The minimum absolute atomic E-state index is 0.0395. The molecule has 2 amide bonds. The third kappa shape index (κ3) is 6.75. The van der Waals surface area contributed by atoms with Crippen molar-refractivity contribution in [1.29, 1.82) is 0 Å². The van der Waals surface area contributed by atoms with E-state index in [1.165, 1.54) is 0 Å². The standard InChI is InChI=1S/C34H38N2O6/c1-34(2,3)42-33(40)36-18-16-24-15-14-23(19-25(24)21-36)20-35(17-8-13-31(37)38)32(39)41-22-30-28-11-6-4-9-26(28)27-10-5-7-12-29(27)30/h4-7,9-12,14-15,19,30H,8,13,16-18,20-22H2,1-3H3,(H,37,38). The number of aliphatic carboxylic acids is 1. The molecule has 42 heavy (non-hydrogen) atoms. The summed E-state index contributed by atoms with van der Waals surface area (Å²) in [5.74, 6) is -0.969. The van der Waals surface area contributed by atoms with Gasteiger partial charge in [0.05, 0.1) is 0 Å². The number of carboxylic acid groups (broad SMARTS) is 1. The summed E-state index contributed by atoms with van der Waals surface area (Å²) in [5, 5.41) is 9.18. The third-order valence-corrected chi connectivity index (χ3v) is 7.72. The monoisotopic (exact) mass is 570 g/mol. The topological polar surface area (TPSA) is 96.4 Å². The minimum Gasteiger partial charge on any atom is -0.481 e. The second-order valence-electron chi connectivity index (χ2n) is 12.0. The molecule has 0 atom stereocenters. The lowest BCUT2D eigenvalue weighted by Crippen LogP contribution is -2.40. The number of carboxylic acids is 1. The largest absolute Gasteiger partial charge is 0.481 e. The summed E-state index contributed by atoms with van der Waals surface area (Å²) in [6.45, 7) is 7.29. The first-order chi connectivity index (χ1) is 20.1. The maximum atomic E-state index is 13.5. The Labute approximate surface area is 246 Å². The number of hydrogen-bond acceptors (Lipinski definition) is 5. The Kier molecular flexibility index (Phi) is 8.52. The molecule has 1 heterocycles. The van der Waals surface area contributed by atoms with Gasteiger partial charge in [-0.3, -0.25) is 4.79 Å². The molecule has 220 valence electrons. The van der Waals surface area contributed by atoms with E-state index in [4.69, 9.17) is 9.47 Å². The maximum Gasteiger partial charge on any atom is 0.410 e. The molecule has 1 aliphatic heterocycles. The number of fused-ring (bicyclic) bond motifs is 4. The quantitative estimate of drug-likeness (QED) is 0.328. The molecule has 8 heteroatoms. The smallest absolute Gasteiger partial charge is 0.410 e. The van der Waals surface area contributed by atoms with E-state index < -0.39 is 17.7 Å². The van der Waals surface area contributed by atoms with Crippen LogP contribution in [-0.2, 0) is 33.8 Å². The summed E-state index contributed by atoms with van der Waals surface area (Å²) >= 11 is 0. The number of hydrogen-bond donors (Lipinski definition) is 1. The molecule has 0 spiro atoms. The zero-order valence-corrected chi connectivity index (χ0v) is 24.5. The van der Waals surface area contributed by atoms with Crippen molar-refractivity contribution in [2.45, 2.75) is 64.6 Å². The fourth-order valence-corrected chi connectivity index (χ4v) is 5.75. The van der Waals surface area contributed by atoms with E-state index in [0.29, 0.717) is 19.5 Å². The van der Waals surface area contributed by atoms with E-state index in [1.54, 1.807) is 9.80 Å². The van der Waals surface area contributed by atoms with Crippen LogP contribution in [0.3, 0.4) is 0 Å². The minimum atomic E-state index is -0.904. The zero-order valence-electron chi connectivity index (χ0n) is 24.5. The maximum absolute atomic E-state index is 13.5. The third-order valence-electron chi connectivity index (χ3n) is 7.72. The van der Waals surface area contributed by atoms with Gasteiger partial charge in [0.25, 0.3) is 0 Å². The molecule has 0 aromatic heterocycles. The van der Waals surface area contributed by atoms with Crippen molar-refractivity contribution < 1.29 is 29.0 Å². The number of ether oxygens (including phenoxy) is 2. The van der Waals surface area contributed by atoms with Crippen LogP contribution in [0.4, 0.5) is 9.59 Å². The number of carbonyl (C=O) groups excluding carboxylic acids is 2. The van der Waals surface area contributed by atoms with Crippen LogP contribution in [0.1, 0.15) is 67.3 Å². The molecule has 8 nitrogen and oxygen atoms in total. The van der Waals surface area contributed by atoms with Gasteiger partial charge in [0.1, 0.15) is 12.2 Å². The number of benzene rings is 3. The molecule has 0 radical (unpaired) electrons. The van der Waals surface area contributed by atoms with Gasteiger partial charge in [-0.05, 0) is 72.6 Å². The molecule has 0 bridgehead atoms. The Morgan fingerprint density at radius 2 is 1.62 bits per heavy atom. The molecule has 1 aliphatic carbocycles. The average molecular weight is 571 g/mol. The van der Waals surface area contributed by atoms with Crippen LogP contribution >= 0.6 is 0 Å². The van der Waals surface area contributed by atoms with Gasteiger partial charge in [-0.1, -0.05) is 66.7 Å². The Hall–Kier alpha value is -4.33. The molecular weight excluding hydrogens is 532 g/mol. The molecule has 1 N–H and O–H groups in total. The molecule has 0 unspecified atom stereocenters. The lowest BCUT2D eigenvalue weighted by atomic mass is 9.97. The number of amides is 2. The molecule has 0 fully saturated rings. The second kappa shape index (κ2) is 12.3. The van der Waals surface area contributed by atoms with Crippen LogP contribution in [0.2, 0.25) is 0 Å². The van der Waals surface area contributed by atoms with Crippen molar-refractivity contribution >= 4 is 18.2 Å². The lowest BCUT2D eigenvalue weighted by molar-refractivity contribution is -0.137. The highest BCUT2D eigenvalue weighted by Crippen LogP contribution is 2.44. The van der Waals surface area contributed by atoms with Gasteiger partial charge in [-0.15, -0.1) is 0 Å². The van der Waals surface area contributed by atoms with Crippen molar-refractivity contribution in [2.24, 2.45) is 0 Å². The van der Waals surface area contributed by atoms with Crippen molar-refractivity contribution in [3.63, 3.8) is 0 Å². The number of rotatable bonds is 8. The van der Waals surface area contributed by atoms with E-state index in [2.05, 4.69) is 24.3 Å². The highest BCUT2D eigenvalue weighted by atomic mass is 16.6. The molecule has 2 aliphatic rings. The van der Waals surface area contributed by atoms with E-state index in [0.717, 1.165) is 45.4 Å². The predicted molar refractivity (Wildman–Crippen MR) is 159 cm³/mol. The average Bonchev–Trinajstić information content (AvgIpc) is 3.27. The number of nitrogens with zero attached hydrogens (tertiary/aromatic N) is 2. The van der Waals surface area contributed by atoms with Gasteiger partial charge < -0.3 is 24.4 Å². The summed E-state index contributed by atoms with van der Waals surface area (Å²) in [7, 11) is 0. The first kappa shape index (κ1) is 29.2. The summed E-state index contributed by atoms with van der Waals surface area (Å²) < 4.78 is 11.5. The van der Waals surface area contributed by atoms with Gasteiger partial charge in [0, 0.05) is 38.5 Å². The van der Waals surface area contributed by atoms with Crippen LogP contribution in [0.25, 0.3) is 11.1 Å². The van der Waals surface area contributed by atoms with Gasteiger partial charge in [-0.2, -0.15) is 0 Å². The van der Waals surface area contributed by atoms with Crippen LogP contribution in [0.15, 0.2) is 66.7 Å². The molecular formula is C34H38N2O6. The van der Waals surface area contributed by atoms with Crippen molar-refractivity contribution in [3.05, 3.63) is 94.5 Å². The Morgan fingerprint density at radius 3 is 2.26 bits per heavy atom. The van der Waals surface area contributed by atoms with Crippen LogP contribution in [0.5, 0.6) is 0 Å². The van der Waals surface area contributed by atoms with Crippen molar-refractivity contribution in [2.75, 3.05) is 19.7 Å². The molecule has 3 aromatic carbocycles. The predicted octanol–water partition coefficient (Wildman–Crippen LogP) is 6.60. The van der Waals surface area contributed by atoms with E-state index >= 15 is 0 Å². The van der Waals surface area contributed by atoms with Gasteiger partial charge in [0.2, 0.25) is 0 Å². The second-order valence-corrected chi connectivity index (χ2v) is 12.0. The Balaban J connectivity index is 1.29. The van der Waals surface area contributed by atoms with E-state index in [-0.39, 0.29) is 38.1 Å². The fourth-order valence-electron chi connectivity index (χ4n) is 5.75. The van der Waals surface area contributed by atoms with Crippen LogP contribution in [-0.4, -0.2) is 58.4 Å². The van der Waals surface area contributed by atoms with Crippen molar-refractivity contribution in [3.8, 4) is 11.1 Å². The first-order valence-corrected chi connectivity index (χ1v) is 14.5. The van der Waals surface area contributed by atoms with Crippen LogP contribution < -0.4 is 0 Å². The number of carbonyl (C=O) groups is 3. The summed E-state index contributed by atoms with van der Waals surface area (Å²) in [6, 6.07) is 22.4. The van der Waals surface area contributed by atoms with Gasteiger partial charge in [-0.25, -0.2) is 9.59 Å². The molecule has 3 aromatic rings. The van der Waals surface area contributed by atoms with Gasteiger partial charge in [0.15, 0.2) is 0 Å². The highest BCUT2D eigenvalue weighted by molar-refractivity contribution is 5.79. The van der Waals surface area contributed by atoms with E-state index in [1.807, 2.05) is 63.2 Å². The summed E-state index contributed by atoms with van der Waals surface area (Å²) in [5.41, 5.74) is 7.08. The molecule has 5 rings (SSSR count). The SMILES string of the molecule is CC(C)(C)OC(=O)N1CCc2ccc(CN(CCCC(=O)O)C(=O)OCC3c4ccccc4-c4ccccc43)cc2C1. The summed E-state index contributed by atoms with van der Waals surface area (Å²) in [4.78, 5) is 40.6. The van der Waals surface area contributed by atoms with E-state index in [9.17, 15) is 19.5 Å².